The molecule has 174 valence electrons. The van der Waals surface area contributed by atoms with Crippen LogP contribution in [0.25, 0.3) is 5.76 Å². The molecule has 9 heteroatoms. The monoisotopic (exact) mass is 535 g/mol. The predicted molar refractivity (Wildman–Crippen MR) is 135 cm³/mol. The smallest absolute Gasteiger partial charge is 0.300 e. The van der Waals surface area contributed by atoms with Gasteiger partial charge in [-0.25, -0.2) is 0 Å². The van der Waals surface area contributed by atoms with E-state index >= 15 is 0 Å². The Morgan fingerprint density at radius 2 is 1.65 bits per heavy atom. The van der Waals surface area contributed by atoms with Gasteiger partial charge in [0.2, 0.25) is 0 Å². The number of hydrogen-bond donors (Lipinski definition) is 1. The van der Waals surface area contributed by atoms with Gasteiger partial charge in [0.05, 0.1) is 39.4 Å². The van der Waals surface area contributed by atoms with Gasteiger partial charge in [-0.3, -0.25) is 14.5 Å². The van der Waals surface area contributed by atoms with E-state index in [2.05, 4.69) is 0 Å². The molecule has 1 aliphatic rings. The Morgan fingerprint density at radius 1 is 0.941 bits per heavy atom. The number of carbonyl (C=O) groups is 2. The van der Waals surface area contributed by atoms with Crippen molar-refractivity contribution in [2.24, 2.45) is 0 Å². The zero-order valence-electron chi connectivity index (χ0n) is 17.9. The van der Waals surface area contributed by atoms with Crippen LogP contribution in [-0.2, 0) is 9.59 Å². The van der Waals surface area contributed by atoms with Crippen LogP contribution in [0, 0.1) is 6.92 Å². The van der Waals surface area contributed by atoms with Crippen LogP contribution in [-0.4, -0.2) is 23.9 Å². The number of anilines is 1. The average Bonchev–Trinajstić information content (AvgIpc) is 3.05. The first-order chi connectivity index (χ1) is 16.1. The second-order valence-electron chi connectivity index (χ2n) is 7.59. The van der Waals surface area contributed by atoms with E-state index in [1.807, 2.05) is 19.1 Å². The second-order valence-corrected chi connectivity index (χ2v) is 9.25. The molecule has 1 N–H and O–H groups in total. The average molecular weight is 537 g/mol. The van der Waals surface area contributed by atoms with Gasteiger partial charge in [-0.05, 0) is 48.4 Å². The van der Waals surface area contributed by atoms with E-state index in [1.54, 1.807) is 18.2 Å². The van der Waals surface area contributed by atoms with E-state index in [9.17, 15) is 14.7 Å². The number of amides is 1. The van der Waals surface area contributed by atoms with Crippen molar-refractivity contribution in [1.82, 2.24) is 0 Å². The molecule has 1 fully saturated rings. The molecule has 1 unspecified atom stereocenters. The van der Waals surface area contributed by atoms with E-state index in [4.69, 9.17) is 51.1 Å². The van der Waals surface area contributed by atoms with Gasteiger partial charge in [0.25, 0.3) is 11.7 Å². The maximum atomic E-state index is 13.3. The van der Waals surface area contributed by atoms with Crippen molar-refractivity contribution in [3.8, 4) is 5.75 Å². The van der Waals surface area contributed by atoms with Crippen LogP contribution in [0.15, 0.2) is 60.2 Å². The quantitative estimate of drug-likeness (QED) is 0.217. The molecule has 5 nitrogen and oxygen atoms in total. The van der Waals surface area contributed by atoms with Gasteiger partial charge < -0.3 is 9.84 Å². The fourth-order valence-electron chi connectivity index (χ4n) is 4.01. The number of Topliss-reactive ketones (excluding diaryl/α,β-unsaturated/α-hetero) is 1. The van der Waals surface area contributed by atoms with E-state index in [-0.39, 0.29) is 32.0 Å². The summed E-state index contributed by atoms with van der Waals surface area (Å²) in [5.74, 6) is -2.06. The Balaban J connectivity index is 2.04. The number of carbonyl (C=O) groups excluding carboxylic acids is 2. The molecular weight excluding hydrogens is 520 g/mol. The minimum Gasteiger partial charge on any atom is -0.507 e. The molecule has 0 radical (unpaired) electrons. The lowest BCUT2D eigenvalue weighted by molar-refractivity contribution is -0.132. The maximum absolute atomic E-state index is 13.3. The fourth-order valence-corrected chi connectivity index (χ4v) is 4.87. The third-order valence-corrected chi connectivity index (χ3v) is 6.81. The first-order valence-corrected chi connectivity index (χ1v) is 11.5. The third-order valence-electron chi connectivity index (χ3n) is 5.58. The minimum absolute atomic E-state index is 0.0886. The number of rotatable bonds is 4. The van der Waals surface area contributed by atoms with Gasteiger partial charge in [-0.1, -0.05) is 70.7 Å². The molecule has 0 spiro atoms. The van der Waals surface area contributed by atoms with E-state index in [0.29, 0.717) is 16.3 Å². The largest absolute Gasteiger partial charge is 0.507 e. The highest BCUT2D eigenvalue weighted by Crippen LogP contribution is 2.46. The maximum Gasteiger partial charge on any atom is 0.300 e. The van der Waals surface area contributed by atoms with Gasteiger partial charge in [0, 0.05) is 10.7 Å². The van der Waals surface area contributed by atoms with Crippen LogP contribution in [0.4, 0.5) is 5.69 Å². The van der Waals surface area contributed by atoms with E-state index in [1.165, 1.54) is 36.3 Å². The van der Waals surface area contributed by atoms with Crippen molar-refractivity contribution in [1.29, 1.82) is 0 Å². The number of aryl methyl sites for hydroxylation is 1. The van der Waals surface area contributed by atoms with Crippen molar-refractivity contribution >= 4 is 69.5 Å². The summed E-state index contributed by atoms with van der Waals surface area (Å²) in [6.45, 7) is 1.85. The molecule has 3 aromatic rings. The van der Waals surface area contributed by atoms with Crippen LogP contribution in [0.5, 0.6) is 5.75 Å². The first kappa shape index (κ1) is 24.4. The summed E-state index contributed by atoms with van der Waals surface area (Å²) in [4.78, 5) is 27.9. The molecule has 0 aliphatic carbocycles. The zero-order chi connectivity index (χ0) is 24.7. The normalized spacial score (nSPS) is 17.4. The highest BCUT2D eigenvalue weighted by molar-refractivity contribution is 6.52. The summed E-state index contributed by atoms with van der Waals surface area (Å²) in [5.41, 5.74) is 1.75. The van der Waals surface area contributed by atoms with Crippen molar-refractivity contribution < 1.29 is 19.4 Å². The van der Waals surface area contributed by atoms with E-state index < -0.39 is 23.5 Å². The highest BCUT2D eigenvalue weighted by atomic mass is 35.5. The molecular formula is C25H17Cl4NO4. The fraction of sp³-hybridized carbons (Fsp3) is 0.120. The number of benzene rings is 3. The number of aliphatic hydroxyl groups excluding tert-OH is 1. The molecule has 1 aliphatic heterocycles. The molecule has 0 aromatic heterocycles. The summed E-state index contributed by atoms with van der Waals surface area (Å²) in [7, 11) is 1.37. The molecule has 1 atom stereocenters. The Morgan fingerprint density at radius 3 is 2.29 bits per heavy atom. The Bertz CT molecular complexity index is 1370. The Labute approximate surface area is 216 Å². The number of ether oxygens (including phenoxy) is 1. The van der Waals surface area contributed by atoms with Crippen LogP contribution >= 0.6 is 46.4 Å². The first-order valence-electron chi connectivity index (χ1n) is 10.0. The highest BCUT2D eigenvalue weighted by Gasteiger charge is 2.47. The summed E-state index contributed by atoms with van der Waals surface area (Å²) >= 11 is 24.7. The number of halogens is 4. The summed E-state index contributed by atoms with van der Waals surface area (Å²) in [5, 5.41) is 12.3. The number of ketones is 1. The van der Waals surface area contributed by atoms with Crippen LogP contribution in [0.2, 0.25) is 20.1 Å². The van der Waals surface area contributed by atoms with Crippen molar-refractivity contribution in [2.45, 2.75) is 13.0 Å². The second kappa shape index (κ2) is 9.51. The molecule has 1 amide bonds. The SMILES string of the molecule is COc1c(Cl)cc(Cl)cc1/C(O)=C1\C(=O)C(=O)N(c2ccc(Cl)c(Cl)c2)C1c1ccccc1C. The number of methoxy groups -OCH3 is 1. The topological polar surface area (TPSA) is 66.8 Å². The third kappa shape index (κ3) is 4.14. The van der Waals surface area contributed by atoms with Gasteiger partial charge in [0.1, 0.15) is 11.5 Å². The van der Waals surface area contributed by atoms with Crippen molar-refractivity contribution in [3.63, 3.8) is 0 Å². The van der Waals surface area contributed by atoms with Gasteiger partial charge >= 0.3 is 0 Å². The lowest BCUT2D eigenvalue weighted by Gasteiger charge is -2.27. The lowest BCUT2D eigenvalue weighted by Crippen LogP contribution is -2.29. The molecule has 1 saturated heterocycles. The van der Waals surface area contributed by atoms with Crippen LogP contribution in [0.1, 0.15) is 22.7 Å². The summed E-state index contributed by atoms with van der Waals surface area (Å²) in [6.07, 6.45) is 0. The number of hydrogen-bond acceptors (Lipinski definition) is 4. The van der Waals surface area contributed by atoms with Crippen LogP contribution in [0.3, 0.4) is 0 Å². The summed E-state index contributed by atoms with van der Waals surface area (Å²) in [6, 6.07) is 13.8. The zero-order valence-corrected chi connectivity index (χ0v) is 20.9. The molecule has 3 aromatic carbocycles. The predicted octanol–water partition coefficient (Wildman–Crippen LogP) is 7.24. The molecule has 1 heterocycles. The Kier molecular flexibility index (Phi) is 6.83. The van der Waals surface area contributed by atoms with Gasteiger partial charge in [0.15, 0.2) is 0 Å². The standard InChI is InChI=1S/C25H17Cl4NO4/c1-12-5-3-4-6-15(12)21-20(22(31)16-9-13(26)10-19(29)24(16)34-2)23(32)25(33)30(21)14-7-8-17(27)18(28)11-14/h3-11,21,31H,1-2H3/b22-20+. The number of aliphatic hydroxyl groups is 1. The summed E-state index contributed by atoms with van der Waals surface area (Å²) < 4.78 is 5.35. The van der Waals surface area contributed by atoms with Crippen molar-refractivity contribution in [3.05, 3.63) is 97.0 Å². The number of nitrogens with zero attached hydrogens (tertiary/aromatic N) is 1. The van der Waals surface area contributed by atoms with Gasteiger partial charge in [-0.15, -0.1) is 0 Å². The molecule has 4 rings (SSSR count). The minimum atomic E-state index is -0.957. The van der Waals surface area contributed by atoms with E-state index in [0.717, 1.165) is 5.56 Å². The van der Waals surface area contributed by atoms with Crippen molar-refractivity contribution in [2.75, 3.05) is 12.0 Å². The van der Waals surface area contributed by atoms with Gasteiger partial charge in [-0.2, -0.15) is 0 Å². The lowest BCUT2D eigenvalue weighted by atomic mass is 9.92. The molecule has 0 bridgehead atoms. The van der Waals surface area contributed by atoms with Crippen LogP contribution < -0.4 is 9.64 Å². The molecule has 34 heavy (non-hydrogen) atoms. The molecule has 0 saturated carbocycles. The Hall–Kier alpha value is -2.70.